The van der Waals surface area contributed by atoms with Gasteiger partial charge in [0.05, 0.1) is 0 Å². The molecule has 1 aliphatic carbocycles. The van der Waals surface area contributed by atoms with Crippen LogP contribution in [0, 0.1) is 6.92 Å². The lowest BCUT2D eigenvalue weighted by Gasteiger charge is -2.08. The average Bonchev–Trinajstić information content (AvgIpc) is 3.23. The van der Waals surface area contributed by atoms with Crippen LogP contribution in [0.15, 0.2) is 39.8 Å². The maximum absolute atomic E-state index is 13.5. The monoisotopic (exact) mass is 341 g/mol. The van der Waals surface area contributed by atoms with Gasteiger partial charge in [0.2, 0.25) is 0 Å². The zero-order valence-corrected chi connectivity index (χ0v) is 14.5. The third-order valence-corrected chi connectivity index (χ3v) is 5.11. The normalized spacial score (nSPS) is 16.9. The third kappa shape index (κ3) is 5.33. The quantitative estimate of drug-likeness (QED) is 0.538. The Labute approximate surface area is 140 Å². The molecule has 120 valence electrons. The largest absolute Gasteiger partial charge is 0.292 e. The van der Waals surface area contributed by atoms with Gasteiger partial charge in [-0.1, -0.05) is 29.3 Å². The van der Waals surface area contributed by atoms with Crippen LogP contribution >= 0.6 is 23.5 Å². The fourth-order valence-corrected chi connectivity index (χ4v) is 2.90. The van der Waals surface area contributed by atoms with Crippen LogP contribution in [0.1, 0.15) is 44.6 Å². The highest BCUT2D eigenvalue weighted by Gasteiger charge is 2.42. The van der Waals surface area contributed by atoms with Gasteiger partial charge in [-0.25, -0.2) is 4.39 Å². The molecule has 1 fully saturated rings. The van der Waals surface area contributed by atoms with Crippen molar-refractivity contribution < 1.29 is 9.18 Å². The zero-order valence-electron chi connectivity index (χ0n) is 12.9. The van der Waals surface area contributed by atoms with Gasteiger partial charge in [0.25, 0.3) is 5.91 Å². The highest BCUT2D eigenvalue weighted by molar-refractivity contribution is 7.98. The molecule has 1 N–H and O–H groups in total. The van der Waals surface area contributed by atoms with Crippen LogP contribution in [0.3, 0.4) is 0 Å². The van der Waals surface area contributed by atoms with E-state index in [1.165, 1.54) is 17.5 Å². The Kier molecular flexibility index (Phi) is 5.93. The number of benzene rings is 1. The summed E-state index contributed by atoms with van der Waals surface area (Å²) < 4.78 is 16.3. The summed E-state index contributed by atoms with van der Waals surface area (Å²) in [6, 6.07) is 7.90. The molecular weight excluding hydrogens is 321 g/mol. The van der Waals surface area contributed by atoms with E-state index in [9.17, 15) is 9.18 Å². The Bertz CT molecular complexity index is 567. The summed E-state index contributed by atoms with van der Waals surface area (Å²) in [4.78, 5) is 13.0. The van der Waals surface area contributed by atoms with Gasteiger partial charge in [-0.05, 0) is 70.0 Å². The molecule has 0 aliphatic heterocycles. The predicted octanol–water partition coefficient (Wildman–Crippen LogP) is 5.30. The second kappa shape index (κ2) is 7.51. The lowest BCUT2D eigenvalue weighted by atomic mass is 10.1. The van der Waals surface area contributed by atoms with Crippen molar-refractivity contribution in [3.05, 3.63) is 40.4 Å². The van der Waals surface area contributed by atoms with Crippen LogP contribution in [0.4, 0.5) is 4.39 Å². The molecule has 2 rings (SSSR count). The van der Waals surface area contributed by atoms with Gasteiger partial charge < -0.3 is 0 Å². The summed E-state index contributed by atoms with van der Waals surface area (Å²) in [6.45, 7) is 3.72. The molecule has 0 bridgehead atoms. The molecule has 5 heteroatoms. The van der Waals surface area contributed by atoms with Crippen LogP contribution in [0.2, 0.25) is 0 Å². The van der Waals surface area contributed by atoms with Crippen molar-refractivity contribution in [2.45, 2.75) is 56.5 Å². The van der Waals surface area contributed by atoms with Crippen LogP contribution in [0.5, 0.6) is 0 Å². The number of aryl methyl sites for hydroxylation is 1. The number of carbonyl (C=O) groups excluding carboxylic acids is 1. The predicted molar refractivity (Wildman–Crippen MR) is 90.7 cm³/mol. The molecule has 1 aromatic carbocycles. The first-order valence-corrected chi connectivity index (χ1v) is 8.67. The first kappa shape index (κ1) is 17.4. The molecule has 0 unspecified atom stereocenters. The van der Waals surface area contributed by atoms with E-state index in [4.69, 9.17) is 11.6 Å². The van der Waals surface area contributed by atoms with Crippen molar-refractivity contribution in [2.24, 2.45) is 0 Å². The van der Waals surface area contributed by atoms with Crippen LogP contribution in [-0.2, 0) is 4.79 Å². The first-order valence-electron chi connectivity index (χ1n) is 7.48. The number of halogens is 2. The molecule has 1 amide bonds. The maximum Gasteiger partial charge on any atom is 0.258 e. The lowest BCUT2D eigenvalue weighted by molar-refractivity contribution is -0.115. The lowest BCUT2D eigenvalue weighted by Crippen LogP contribution is -2.17. The van der Waals surface area contributed by atoms with E-state index in [1.807, 2.05) is 31.2 Å². The van der Waals surface area contributed by atoms with E-state index < -0.39 is 5.67 Å². The van der Waals surface area contributed by atoms with E-state index in [0.717, 1.165) is 4.90 Å². The summed E-state index contributed by atoms with van der Waals surface area (Å²) in [5, 5.41) is 0.520. The molecule has 0 radical (unpaired) electrons. The zero-order chi connectivity index (χ0) is 16.2. The Balaban J connectivity index is 1.79. The Hall–Kier alpha value is -1.00. The SMILES string of the molecule is C/C(C(=O)NSc1ccc(C)cc1)=C(/Cl)CCCC1(F)CC1. The minimum Gasteiger partial charge on any atom is -0.292 e. The summed E-state index contributed by atoms with van der Waals surface area (Å²) in [5.41, 5.74) is 0.732. The van der Waals surface area contributed by atoms with Gasteiger partial charge in [-0.15, -0.1) is 0 Å². The van der Waals surface area contributed by atoms with E-state index in [-0.39, 0.29) is 5.91 Å². The number of amides is 1. The fourth-order valence-electron chi connectivity index (χ4n) is 2.04. The maximum atomic E-state index is 13.5. The molecule has 0 atom stereocenters. The summed E-state index contributed by atoms with van der Waals surface area (Å²) in [5.74, 6) is -0.197. The van der Waals surface area contributed by atoms with E-state index in [1.54, 1.807) is 6.92 Å². The van der Waals surface area contributed by atoms with E-state index >= 15 is 0 Å². The van der Waals surface area contributed by atoms with Crippen molar-refractivity contribution in [3.63, 3.8) is 0 Å². The fraction of sp³-hybridized carbons (Fsp3) is 0.471. The number of alkyl halides is 1. The second-order valence-electron chi connectivity index (χ2n) is 5.88. The Morgan fingerprint density at radius 1 is 1.36 bits per heavy atom. The topological polar surface area (TPSA) is 29.1 Å². The highest BCUT2D eigenvalue weighted by atomic mass is 35.5. The van der Waals surface area contributed by atoms with Crippen molar-refractivity contribution in [3.8, 4) is 0 Å². The average molecular weight is 342 g/mol. The molecule has 22 heavy (non-hydrogen) atoms. The summed E-state index contributed by atoms with van der Waals surface area (Å²) in [7, 11) is 0. The number of allylic oxidation sites excluding steroid dienone is 1. The van der Waals surface area contributed by atoms with Gasteiger partial charge in [0.15, 0.2) is 0 Å². The Morgan fingerprint density at radius 3 is 2.59 bits per heavy atom. The third-order valence-electron chi connectivity index (χ3n) is 3.84. The van der Waals surface area contributed by atoms with E-state index in [2.05, 4.69) is 4.72 Å². The number of hydrogen-bond donors (Lipinski definition) is 1. The number of hydrogen-bond acceptors (Lipinski definition) is 2. The molecule has 1 aliphatic rings. The van der Waals surface area contributed by atoms with Gasteiger partial charge >= 0.3 is 0 Å². The molecule has 0 spiro atoms. The standard InChI is InChI=1S/C17H21ClFNOS/c1-12-5-7-14(8-6-12)22-20-16(21)13(2)15(18)4-3-9-17(19)10-11-17/h5-8H,3-4,9-11H2,1-2H3,(H,20,21)/b15-13-. The van der Waals surface area contributed by atoms with Gasteiger partial charge in [0, 0.05) is 15.5 Å². The molecule has 0 saturated heterocycles. The first-order chi connectivity index (χ1) is 10.4. The number of carbonyl (C=O) groups is 1. The molecule has 1 aromatic rings. The van der Waals surface area contributed by atoms with Crippen LogP contribution < -0.4 is 4.72 Å². The smallest absolute Gasteiger partial charge is 0.258 e. The number of rotatable bonds is 7. The summed E-state index contributed by atoms with van der Waals surface area (Å²) >= 11 is 7.43. The van der Waals surface area contributed by atoms with E-state index in [0.29, 0.717) is 42.7 Å². The molecular formula is C17H21ClFNOS. The van der Waals surface area contributed by atoms with Crippen molar-refractivity contribution in [1.29, 1.82) is 0 Å². The van der Waals surface area contributed by atoms with Crippen LogP contribution in [-0.4, -0.2) is 11.6 Å². The van der Waals surface area contributed by atoms with Gasteiger partial charge in [-0.3, -0.25) is 9.52 Å². The summed E-state index contributed by atoms with van der Waals surface area (Å²) in [6.07, 6.45) is 3.12. The van der Waals surface area contributed by atoms with Crippen molar-refractivity contribution in [1.82, 2.24) is 4.72 Å². The van der Waals surface area contributed by atoms with Gasteiger partial charge in [-0.2, -0.15) is 0 Å². The minimum absolute atomic E-state index is 0.197. The highest BCUT2D eigenvalue weighted by Crippen LogP contribution is 2.44. The van der Waals surface area contributed by atoms with Gasteiger partial charge in [0.1, 0.15) is 5.67 Å². The Morgan fingerprint density at radius 2 is 2.00 bits per heavy atom. The second-order valence-corrected chi connectivity index (χ2v) is 7.22. The van der Waals surface area contributed by atoms with Crippen molar-refractivity contribution in [2.75, 3.05) is 0 Å². The molecule has 2 nitrogen and oxygen atoms in total. The van der Waals surface area contributed by atoms with Crippen LogP contribution in [0.25, 0.3) is 0 Å². The van der Waals surface area contributed by atoms with Crippen molar-refractivity contribution >= 4 is 29.5 Å². The number of nitrogens with one attached hydrogen (secondary N) is 1. The minimum atomic E-state index is -0.950. The molecule has 0 aromatic heterocycles. The molecule has 1 saturated carbocycles. The molecule has 0 heterocycles.